The van der Waals surface area contributed by atoms with Gasteiger partial charge in [-0.05, 0) is 35.9 Å². The molecule has 1 aromatic carbocycles. The largest absolute Gasteiger partial charge is 0.397 e. The minimum absolute atomic E-state index is 0.238. The first-order valence-electron chi connectivity index (χ1n) is 4.94. The summed E-state index contributed by atoms with van der Waals surface area (Å²) in [6, 6.07) is 8.23. The van der Waals surface area contributed by atoms with Gasteiger partial charge in [0.1, 0.15) is 10.8 Å². The van der Waals surface area contributed by atoms with Gasteiger partial charge < -0.3 is 5.73 Å². The van der Waals surface area contributed by atoms with Gasteiger partial charge in [-0.1, -0.05) is 27.7 Å². The Kier molecular flexibility index (Phi) is 4.02. The van der Waals surface area contributed by atoms with E-state index in [9.17, 15) is 4.39 Å². The molecule has 2 rings (SSSR count). The summed E-state index contributed by atoms with van der Waals surface area (Å²) in [5, 5.41) is 0.767. The van der Waals surface area contributed by atoms with E-state index in [0.717, 1.165) is 15.1 Å². The number of hydrogen-bond donors (Lipinski definition) is 1. The maximum absolute atomic E-state index is 13.1. The van der Waals surface area contributed by atoms with Crippen molar-refractivity contribution in [3.05, 3.63) is 52.4 Å². The lowest BCUT2D eigenvalue weighted by molar-refractivity contribution is 0.626. The van der Waals surface area contributed by atoms with Gasteiger partial charge >= 0.3 is 0 Å². The molecule has 1 heterocycles. The van der Waals surface area contributed by atoms with E-state index in [1.54, 1.807) is 24.4 Å². The lowest BCUT2D eigenvalue weighted by Crippen LogP contribution is -1.92. The van der Waals surface area contributed by atoms with E-state index >= 15 is 0 Å². The average molecular weight is 313 g/mol. The quantitative estimate of drug-likeness (QED) is 0.875. The maximum Gasteiger partial charge on any atom is 0.123 e. The van der Waals surface area contributed by atoms with Crippen molar-refractivity contribution >= 4 is 33.4 Å². The molecule has 0 fully saturated rings. The van der Waals surface area contributed by atoms with Gasteiger partial charge in [-0.2, -0.15) is 0 Å². The molecule has 2 aromatic rings. The SMILES string of the molecule is Nc1cccnc1SCc1cc(F)ccc1Br. The van der Waals surface area contributed by atoms with Crippen molar-refractivity contribution in [2.75, 3.05) is 5.73 Å². The van der Waals surface area contributed by atoms with Crippen LogP contribution in [0.1, 0.15) is 5.56 Å². The molecule has 0 radical (unpaired) electrons. The lowest BCUT2D eigenvalue weighted by atomic mass is 10.2. The van der Waals surface area contributed by atoms with Crippen LogP contribution in [0, 0.1) is 5.82 Å². The highest BCUT2D eigenvalue weighted by Crippen LogP contribution is 2.29. The number of hydrogen-bond acceptors (Lipinski definition) is 3. The van der Waals surface area contributed by atoms with Crippen molar-refractivity contribution in [2.24, 2.45) is 0 Å². The first kappa shape index (κ1) is 12.4. The number of nitrogens with two attached hydrogens (primary N) is 1. The monoisotopic (exact) mass is 312 g/mol. The molecule has 88 valence electrons. The second-order valence-corrected chi connectivity index (χ2v) is 5.24. The number of anilines is 1. The van der Waals surface area contributed by atoms with Crippen LogP contribution in [0.5, 0.6) is 0 Å². The Morgan fingerprint density at radius 1 is 1.35 bits per heavy atom. The van der Waals surface area contributed by atoms with Crippen LogP contribution in [0.2, 0.25) is 0 Å². The molecule has 0 aliphatic carbocycles. The standard InChI is InChI=1S/C12H10BrFN2S/c13-10-4-3-9(14)6-8(10)7-17-12-11(15)2-1-5-16-12/h1-6H,7,15H2. The van der Waals surface area contributed by atoms with Crippen LogP contribution < -0.4 is 5.73 Å². The Balaban J connectivity index is 2.12. The molecule has 0 bridgehead atoms. The van der Waals surface area contributed by atoms with Crippen LogP contribution in [0.4, 0.5) is 10.1 Å². The Hall–Kier alpha value is -1.07. The highest BCUT2D eigenvalue weighted by atomic mass is 79.9. The van der Waals surface area contributed by atoms with Crippen LogP contribution in [-0.4, -0.2) is 4.98 Å². The summed E-state index contributed by atoms with van der Waals surface area (Å²) in [4.78, 5) is 4.17. The van der Waals surface area contributed by atoms with E-state index in [2.05, 4.69) is 20.9 Å². The van der Waals surface area contributed by atoms with E-state index < -0.39 is 0 Å². The lowest BCUT2D eigenvalue weighted by Gasteiger charge is -2.06. The third-order valence-electron chi connectivity index (χ3n) is 2.17. The smallest absolute Gasteiger partial charge is 0.123 e. The maximum atomic E-state index is 13.1. The van der Waals surface area contributed by atoms with Crippen LogP contribution >= 0.6 is 27.7 Å². The van der Waals surface area contributed by atoms with E-state index in [-0.39, 0.29) is 5.82 Å². The Morgan fingerprint density at radius 3 is 2.94 bits per heavy atom. The van der Waals surface area contributed by atoms with Gasteiger partial charge in [-0.3, -0.25) is 0 Å². The Labute approximate surface area is 112 Å². The van der Waals surface area contributed by atoms with Crippen molar-refractivity contribution in [2.45, 2.75) is 10.8 Å². The average Bonchev–Trinajstić information content (AvgIpc) is 2.32. The zero-order chi connectivity index (χ0) is 12.3. The van der Waals surface area contributed by atoms with Gasteiger partial charge in [-0.25, -0.2) is 9.37 Å². The van der Waals surface area contributed by atoms with Gasteiger partial charge in [0.15, 0.2) is 0 Å². The molecule has 0 aliphatic rings. The Morgan fingerprint density at radius 2 is 2.18 bits per heavy atom. The molecular formula is C12H10BrFN2S. The van der Waals surface area contributed by atoms with Crippen molar-refractivity contribution in [1.29, 1.82) is 0 Å². The van der Waals surface area contributed by atoms with Crippen molar-refractivity contribution in [3.63, 3.8) is 0 Å². The molecule has 0 aliphatic heterocycles. The summed E-state index contributed by atoms with van der Waals surface area (Å²) in [5.74, 6) is 0.386. The van der Waals surface area contributed by atoms with Crippen LogP contribution in [0.15, 0.2) is 46.0 Å². The van der Waals surface area contributed by atoms with Crippen molar-refractivity contribution in [1.82, 2.24) is 4.98 Å². The molecule has 5 heteroatoms. The Bertz CT molecular complexity index is 534. The minimum Gasteiger partial charge on any atom is -0.397 e. The fourth-order valence-corrected chi connectivity index (χ4v) is 2.80. The third-order valence-corrected chi connectivity index (χ3v) is 4.02. The minimum atomic E-state index is -0.238. The number of benzene rings is 1. The van der Waals surface area contributed by atoms with Crippen molar-refractivity contribution < 1.29 is 4.39 Å². The van der Waals surface area contributed by atoms with Crippen LogP contribution in [0.3, 0.4) is 0 Å². The van der Waals surface area contributed by atoms with Gasteiger partial charge in [0.2, 0.25) is 0 Å². The molecule has 0 saturated heterocycles. The molecule has 17 heavy (non-hydrogen) atoms. The number of aromatic nitrogens is 1. The summed E-state index contributed by atoms with van der Waals surface area (Å²) in [5.41, 5.74) is 7.32. The molecule has 1 aromatic heterocycles. The van der Waals surface area contributed by atoms with Crippen LogP contribution in [-0.2, 0) is 5.75 Å². The first-order chi connectivity index (χ1) is 8.16. The van der Waals surface area contributed by atoms with E-state index in [1.165, 1.54) is 23.9 Å². The molecule has 0 amide bonds. The molecule has 0 unspecified atom stereocenters. The molecule has 2 N–H and O–H groups in total. The predicted octanol–water partition coefficient (Wildman–Crippen LogP) is 3.86. The summed E-state index contributed by atoms with van der Waals surface area (Å²) in [6.07, 6.45) is 1.69. The second kappa shape index (κ2) is 5.51. The molecular weight excluding hydrogens is 303 g/mol. The van der Waals surface area contributed by atoms with Crippen LogP contribution in [0.25, 0.3) is 0 Å². The number of pyridine rings is 1. The van der Waals surface area contributed by atoms with Crippen molar-refractivity contribution in [3.8, 4) is 0 Å². The van der Waals surface area contributed by atoms with Gasteiger partial charge in [-0.15, -0.1) is 0 Å². The topological polar surface area (TPSA) is 38.9 Å². The summed E-state index contributed by atoms with van der Waals surface area (Å²) in [7, 11) is 0. The van der Waals surface area contributed by atoms with Gasteiger partial charge in [0.25, 0.3) is 0 Å². The fourth-order valence-electron chi connectivity index (χ4n) is 1.32. The predicted molar refractivity (Wildman–Crippen MR) is 72.3 cm³/mol. The zero-order valence-electron chi connectivity index (χ0n) is 8.86. The highest BCUT2D eigenvalue weighted by molar-refractivity contribution is 9.10. The van der Waals surface area contributed by atoms with E-state index in [4.69, 9.17) is 5.73 Å². The summed E-state index contributed by atoms with van der Waals surface area (Å²) < 4.78 is 14.0. The molecule has 2 nitrogen and oxygen atoms in total. The number of halogens is 2. The molecule has 0 saturated carbocycles. The van der Waals surface area contributed by atoms with Gasteiger partial charge in [0.05, 0.1) is 5.69 Å². The number of rotatable bonds is 3. The third kappa shape index (κ3) is 3.20. The van der Waals surface area contributed by atoms with E-state index in [1.807, 2.05) is 0 Å². The zero-order valence-corrected chi connectivity index (χ0v) is 11.3. The van der Waals surface area contributed by atoms with E-state index in [0.29, 0.717) is 11.4 Å². The summed E-state index contributed by atoms with van der Waals surface area (Å²) in [6.45, 7) is 0. The molecule has 0 atom stereocenters. The second-order valence-electron chi connectivity index (χ2n) is 3.42. The number of nitrogens with zero attached hydrogens (tertiary/aromatic N) is 1. The number of thioether (sulfide) groups is 1. The van der Waals surface area contributed by atoms with Gasteiger partial charge in [0, 0.05) is 16.4 Å². The fraction of sp³-hybridized carbons (Fsp3) is 0.0833. The first-order valence-corrected chi connectivity index (χ1v) is 6.72. The normalized spacial score (nSPS) is 10.5. The number of nitrogen functional groups attached to an aromatic ring is 1. The molecule has 0 spiro atoms. The summed E-state index contributed by atoms with van der Waals surface area (Å²) >= 11 is 4.88. The highest BCUT2D eigenvalue weighted by Gasteiger charge is 2.05.